The minimum Gasteiger partial charge on any atom is -0.484 e. The van der Waals surface area contributed by atoms with Crippen LogP contribution in [0.5, 0.6) is 5.75 Å². The number of nitrogens with one attached hydrogen (secondary N) is 2. The number of aryl methyl sites for hydroxylation is 2. The predicted molar refractivity (Wildman–Crippen MR) is 102 cm³/mol. The van der Waals surface area contributed by atoms with Crippen LogP contribution in [0.15, 0.2) is 47.4 Å². The zero-order chi connectivity index (χ0) is 19.3. The maximum absolute atomic E-state index is 12.5. The molecule has 0 unspecified atom stereocenters. The topological polar surface area (TPSA) is 84.5 Å². The Bertz CT molecular complexity index is 875. The first-order chi connectivity index (χ1) is 12.2. The van der Waals surface area contributed by atoms with Crippen LogP contribution in [0, 0.1) is 13.8 Å². The number of carbonyl (C=O) groups excluding carboxylic acids is 1. The molecule has 0 radical (unpaired) electrons. The number of rotatable bonds is 7. The van der Waals surface area contributed by atoms with Crippen LogP contribution in [0.3, 0.4) is 0 Å². The third-order valence-electron chi connectivity index (χ3n) is 3.57. The van der Waals surface area contributed by atoms with Crippen molar-refractivity contribution < 1.29 is 17.9 Å². The third-order valence-corrected chi connectivity index (χ3v) is 4.95. The Kier molecular flexibility index (Phi) is 6.26. The smallest absolute Gasteiger partial charge is 0.261 e. The van der Waals surface area contributed by atoms with E-state index >= 15 is 0 Å². The Hall–Kier alpha value is -2.54. The number of anilines is 1. The molecule has 0 bridgehead atoms. The van der Waals surface area contributed by atoms with E-state index in [-0.39, 0.29) is 23.5 Å². The molecule has 0 heterocycles. The Labute approximate surface area is 154 Å². The van der Waals surface area contributed by atoms with E-state index in [1.165, 1.54) is 12.1 Å². The van der Waals surface area contributed by atoms with Gasteiger partial charge in [0, 0.05) is 11.7 Å². The average molecular weight is 376 g/mol. The Morgan fingerprint density at radius 1 is 1.08 bits per heavy atom. The second-order valence-corrected chi connectivity index (χ2v) is 8.09. The molecule has 140 valence electrons. The van der Waals surface area contributed by atoms with E-state index in [0.29, 0.717) is 17.0 Å². The SMILES string of the molecule is Cc1ccc(NS(=O)(=O)c2ccc(OCC(=O)NC(C)C)c(C)c2)cc1. The largest absolute Gasteiger partial charge is 0.484 e. The summed E-state index contributed by atoms with van der Waals surface area (Å²) in [4.78, 5) is 11.8. The summed E-state index contributed by atoms with van der Waals surface area (Å²) in [5.74, 6) is 0.246. The van der Waals surface area contributed by atoms with Crippen molar-refractivity contribution >= 4 is 21.6 Å². The van der Waals surface area contributed by atoms with Crippen LogP contribution in [-0.2, 0) is 14.8 Å². The van der Waals surface area contributed by atoms with Crippen molar-refractivity contribution in [3.63, 3.8) is 0 Å². The highest BCUT2D eigenvalue weighted by Gasteiger charge is 2.16. The number of ether oxygens (including phenoxy) is 1. The summed E-state index contributed by atoms with van der Waals surface area (Å²) in [5, 5.41) is 2.73. The van der Waals surface area contributed by atoms with E-state index in [1.807, 2.05) is 32.9 Å². The Morgan fingerprint density at radius 2 is 1.73 bits per heavy atom. The number of hydrogen-bond donors (Lipinski definition) is 2. The number of amides is 1. The molecule has 2 aromatic rings. The number of hydrogen-bond acceptors (Lipinski definition) is 4. The lowest BCUT2D eigenvalue weighted by Crippen LogP contribution is -2.34. The summed E-state index contributed by atoms with van der Waals surface area (Å²) in [6.45, 7) is 7.28. The molecule has 0 saturated carbocycles. The van der Waals surface area contributed by atoms with Gasteiger partial charge < -0.3 is 10.1 Å². The van der Waals surface area contributed by atoms with Crippen molar-refractivity contribution in [1.29, 1.82) is 0 Å². The zero-order valence-electron chi connectivity index (χ0n) is 15.4. The summed E-state index contributed by atoms with van der Waals surface area (Å²) in [6.07, 6.45) is 0. The van der Waals surface area contributed by atoms with Crippen LogP contribution in [0.4, 0.5) is 5.69 Å². The Morgan fingerprint density at radius 3 is 2.31 bits per heavy atom. The number of carbonyl (C=O) groups is 1. The predicted octanol–water partition coefficient (Wildman–Crippen LogP) is 3.01. The summed E-state index contributed by atoms with van der Waals surface area (Å²) < 4.78 is 33.1. The van der Waals surface area contributed by atoms with Gasteiger partial charge in [0.05, 0.1) is 4.90 Å². The molecule has 1 amide bonds. The van der Waals surface area contributed by atoms with Gasteiger partial charge in [-0.05, 0) is 63.6 Å². The van der Waals surface area contributed by atoms with Crippen molar-refractivity contribution in [2.24, 2.45) is 0 Å². The molecule has 0 aliphatic heterocycles. The van der Waals surface area contributed by atoms with Crippen molar-refractivity contribution in [2.75, 3.05) is 11.3 Å². The Balaban J connectivity index is 2.09. The molecular formula is C19H24N2O4S. The molecule has 0 atom stereocenters. The maximum Gasteiger partial charge on any atom is 0.261 e. The lowest BCUT2D eigenvalue weighted by Gasteiger charge is -2.13. The van der Waals surface area contributed by atoms with Crippen LogP contribution in [0.2, 0.25) is 0 Å². The van der Waals surface area contributed by atoms with Gasteiger partial charge in [-0.15, -0.1) is 0 Å². The van der Waals surface area contributed by atoms with Gasteiger partial charge >= 0.3 is 0 Å². The van der Waals surface area contributed by atoms with Gasteiger partial charge in [-0.25, -0.2) is 8.42 Å². The molecule has 2 rings (SSSR count). The van der Waals surface area contributed by atoms with Crippen molar-refractivity contribution in [1.82, 2.24) is 5.32 Å². The minimum absolute atomic E-state index is 0.0348. The maximum atomic E-state index is 12.5. The third kappa shape index (κ3) is 5.49. The van der Waals surface area contributed by atoms with Gasteiger partial charge in [0.25, 0.3) is 15.9 Å². The van der Waals surface area contributed by atoms with E-state index in [0.717, 1.165) is 5.56 Å². The fraction of sp³-hybridized carbons (Fsp3) is 0.316. The molecule has 26 heavy (non-hydrogen) atoms. The summed E-state index contributed by atoms with van der Waals surface area (Å²) in [7, 11) is -3.70. The summed E-state index contributed by atoms with van der Waals surface area (Å²) in [6, 6.07) is 11.7. The van der Waals surface area contributed by atoms with E-state index in [1.54, 1.807) is 25.1 Å². The first kappa shape index (κ1) is 19.8. The van der Waals surface area contributed by atoms with Crippen molar-refractivity contribution in [2.45, 2.75) is 38.6 Å². The molecule has 2 aromatic carbocycles. The van der Waals surface area contributed by atoms with Crippen molar-refractivity contribution in [3.8, 4) is 5.75 Å². The molecule has 0 saturated heterocycles. The van der Waals surface area contributed by atoms with Gasteiger partial charge in [0.2, 0.25) is 0 Å². The van der Waals surface area contributed by atoms with E-state index in [9.17, 15) is 13.2 Å². The standard InChI is InChI=1S/C19H24N2O4S/c1-13(2)20-19(22)12-25-18-10-9-17(11-15(18)4)26(23,24)21-16-7-5-14(3)6-8-16/h5-11,13,21H,12H2,1-4H3,(H,20,22). The monoisotopic (exact) mass is 376 g/mol. The molecule has 6 nitrogen and oxygen atoms in total. The van der Waals surface area contributed by atoms with Gasteiger partial charge in [-0.3, -0.25) is 9.52 Å². The summed E-state index contributed by atoms with van der Waals surface area (Å²) in [5.41, 5.74) is 2.18. The molecular weight excluding hydrogens is 352 g/mol. The van der Waals surface area contributed by atoms with Gasteiger partial charge in [0.15, 0.2) is 6.61 Å². The highest BCUT2D eigenvalue weighted by Crippen LogP contribution is 2.23. The van der Waals surface area contributed by atoms with Crippen LogP contribution >= 0.6 is 0 Å². The van der Waals surface area contributed by atoms with E-state index < -0.39 is 10.0 Å². The van der Waals surface area contributed by atoms with Crippen LogP contribution < -0.4 is 14.8 Å². The van der Waals surface area contributed by atoms with Gasteiger partial charge in [-0.1, -0.05) is 17.7 Å². The first-order valence-corrected chi connectivity index (χ1v) is 9.78. The molecule has 2 N–H and O–H groups in total. The second kappa shape index (κ2) is 8.23. The lowest BCUT2D eigenvalue weighted by molar-refractivity contribution is -0.123. The van der Waals surface area contributed by atoms with Crippen LogP contribution in [-0.4, -0.2) is 27.0 Å². The van der Waals surface area contributed by atoms with E-state index in [4.69, 9.17) is 4.74 Å². The molecule has 0 aromatic heterocycles. The number of benzene rings is 2. The normalized spacial score (nSPS) is 11.3. The average Bonchev–Trinajstić information content (AvgIpc) is 2.55. The molecule has 0 spiro atoms. The van der Waals surface area contributed by atoms with Gasteiger partial charge in [0.1, 0.15) is 5.75 Å². The quantitative estimate of drug-likeness (QED) is 0.778. The number of sulfonamides is 1. The highest BCUT2D eigenvalue weighted by atomic mass is 32.2. The lowest BCUT2D eigenvalue weighted by atomic mass is 10.2. The fourth-order valence-electron chi connectivity index (χ4n) is 2.29. The second-order valence-electron chi connectivity index (χ2n) is 6.41. The van der Waals surface area contributed by atoms with Crippen LogP contribution in [0.1, 0.15) is 25.0 Å². The summed E-state index contributed by atoms with van der Waals surface area (Å²) >= 11 is 0. The van der Waals surface area contributed by atoms with Crippen LogP contribution in [0.25, 0.3) is 0 Å². The molecule has 0 aliphatic rings. The minimum atomic E-state index is -3.70. The van der Waals surface area contributed by atoms with E-state index in [2.05, 4.69) is 10.0 Å². The molecule has 0 aliphatic carbocycles. The molecule has 0 fully saturated rings. The fourth-order valence-corrected chi connectivity index (χ4v) is 3.44. The highest BCUT2D eigenvalue weighted by molar-refractivity contribution is 7.92. The van der Waals surface area contributed by atoms with Crippen molar-refractivity contribution in [3.05, 3.63) is 53.6 Å². The zero-order valence-corrected chi connectivity index (χ0v) is 16.2. The van der Waals surface area contributed by atoms with Gasteiger partial charge in [-0.2, -0.15) is 0 Å². The molecule has 7 heteroatoms. The first-order valence-electron chi connectivity index (χ1n) is 8.29.